The largest absolute Gasteiger partial charge is 0.468 e. The second kappa shape index (κ2) is 8.78. The number of carbonyl (C=O) groups is 2. The van der Waals surface area contributed by atoms with E-state index < -0.39 is 34.3 Å². The second-order valence-corrected chi connectivity index (χ2v) is 8.74. The molecule has 2 aliphatic rings. The van der Waals surface area contributed by atoms with E-state index in [0.717, 1.165) is 5.56 Å². The summed E-state index contributed by atoms with van der Waals surface area (Å²) in [4.78, 5) is 40.2. The highest BCUT2D eigenvalue weighted by Crippen LogP contribution is 2.56. The lowest BCUT2D eigenvalue weighted by atomic mass is 9.68. The average molecular weight is 479 g/mol. The molecule has 0 saturated carbocycles. The van der Waals surface area contributed by atoms with Gasteiger partial charge in [0.1, 0.15) is 6.04 Å². The van der Waals surface area contributed by atoms with E-state index in [1.807, 2.05) is 35.2 Å². The Kier molecular flexibility index (Phi) is 5.61. The molecule has 8 nitrogen and oxygen atoms in total. The number of esters is 1. The first-order chi connectivity index (χ1) is 17.4. The summed E-state index contributed by atoms with van der Waals surface area (Å²) in [5.41, 5.74) is 0.532. The molecule has 0 radical (unpaired) electrons. The van der Waals surface area contributed by atoms with Gasteiger partial charge in [0.05, 0.1) is 24.1 Å². The number of ether oxygens (including phenoxy) is 1. The van der Waals surface area contributed by atoms with Gasteiger partial charge in [-0.05, 0) is 17.2 Å². The molecule has 0 aliphatic carbocycles. The number of rotatable bonds is 5. The number of carbonyl (C=O) groups excluding carboxylic acids is 2. The molecule has 0 bridgehead atoms. The van der Waals surface area contributed by atoms with Crippen LogP contribution < -0.4 is 4.90 Å². The van der Waals surface area contributed by atoms with Crippen LogP contribution in [0.2, 0.25) is 0 Å². The molecule has 3 aromatic rings. The van der Waals surface area contributed by atoms with Gasteiger partial charge >= 0.3 is 5.97 Å². The van der Waals surface area contributed by atoms with E-state index in [-0.39, 0.29) is 11.5 Å². The van der Waals surface area contributed by atoms with Crippen molar-refractivity contribution < 1.29 is 19.2 Å². The molecule has 4 atom stereocenters. The van der Waals surface area contributed by atoms with Crippen molar-refractivity contribution in [2.24, 2.45) is 5.41 Å². The smallest absolute Gasteiger partial charge is 0.329 e. The van der Waals surface area contributed by atoms with Crippen molar-refractivity contribution in [3.8, 4) is 6.07 Å². The molecule has 0 aromatic heterocycles. The SMILES string of the molecule is COC(=O)[C@]1(C#N)[C@H](c2ccc([N+](=O)[O-])cc2)[C@@H](C(=O)c2ccccc2)N2c3ccccc3C=C[C@H]21. The van der Waals surface area contributed by atoms with E-state index in [1.54, 1.807) is 36.4 Å². The van der Waals surface area contributed by atoms with Crippen molar-refractivity contribution in [3.05, 3.63) is 112 Å². The number of Topliss-reactive ketones (excluding diaryl/α,β-unsaturated/α-hetero) is 1. The third kappa shape index (κ3) is 3.28. The molecule has 0 amide bonds. The van der Waals surface area contributed by atoms with Crippen LogP contribution >= 0.6 is 0 Å². The fourth-order valence-electron chi connectivity index (χ4n) is 5.49. The number of anilines is 1. The minimum absolute atomic E-state index is 0.133. The van der Waals surface area contributed by atoms with E-state index in [9.17, 15) is 25.0 Å². The minimum Gasteiger partial charge on any atom is -0.468 e. The van der Waals surface area contributed by atoms with Gasteiger partial charge in [-0.3, -0.25) is 19.7 Å². The second-order valence-electron chi connectivity index (χ2n) is 8.74. The number of nitro benzene ring substituents is 1. The highest BCUT2D eigenvalue weighted by molar-refractivity contribution is 6.06. The predicted molar refractivity (Wildman–Crippen MR) is 132 cm³/mol. The van der Waals surface area contributed by atoms with Crippen LogP contribution in [0.1, 0.15) is 27.4 Å². The molecular weight excluding hydrogens is 458 g/mol. The molecular formula is C28H21N3O5. The van der Waals surface area contributed by atoms with Crippen molar-refractivity contribution in [1.29, 1.82) is 5.26 Å². The summed E-state index contributed by atoms with van der Waals surface area (Å²) in [6, 6.07) is 22.3. The third-order valence-electron chi connectivity index (χ3n) is 7.04. The van der Waals surface area contributed by atoms with Gasteiger partial charge in [0.25, 0.3) is 5.69 Å². The van der Waals surface area contributed by atoms with Gasteiger partial charge in [0.15, 0.2) is 11.2 Å². The van der Waals surface area contributed by atoms with Crippen molar-refractivity contribution in [3.63, 3.8) is 0 Å². The van der Waals surface area contributed by atoms with Gasteiger partial charge in [-0.15, -0.1) is 0 Å². The molecule has 178 valence electrons. The standard InChI is InChI=1S/C28H21N3O5/c1-36-27(33)28(17-29)23-16-13-18-7-5-6-10-22(18)30(23)25(26(32)20-8-3-2-4-9-20)24(28)19-11-14-21(15-12-19)31(34)35/h2-16,23-25H,1H3/t23-,24+,25-,28-/m0/s1. The number of methoxy groups -OCH3 is 1. The van der Waals surface area contributed by atoms with Gasteiger partial charge in [-0.25, -0.2) is 0 Å². The lowest BCUT2D eigenvalue weighted by molar-refractivity contribution is -0.384. The van der Waals surface area contributed by atoms with E-state index in [0.29, 0.717) is 16.8 Å². The Labute approximate surface area is 207 Å². The van der Waals surface area contributed by atoms with Crippen molar-refractivity contribution in [2.45, 2.75) is 18.0 Å². The number of non-ortho nitro benzene ring substituents is 1. The molecule has 0 spiro atoms. The molecule has 2 heterocycles. The summed E-state index contributed by atoms with van der Waals surface area (Å²) >= 11 is 0. The van der Waals surface area contributed by atoms with Gasteiger partial charge < -0.3 is 9.64 Å². The summed E-state index contributed by atoms with van der Waals surface area (Å²) in [7, 11) is 1.21. The van der Waals surface area contributed by atoms with Crippen molar-refractivity contribution in [1.82, 2.24) is 0 Å². The number of para-hydroxylation sites is 1. The maximum absolute atomic E-state index is 14.1. The van der Waals surface area contributed by atoms with E-state index in [4.69, 9.17) is 4.74 Å². The van der Waals surface area contributed by atoms with E-state index in [1.165, 1.54) is 31.4 Å². The molecule has 36 heavy (non-hydrogen) atoms. The minimum atomic E-state index is -1.79. The number of fused-ring (bicyclic) bond motifs is 3. The molecule has 0 unspecified atom stereocenters. The fourth-order valence-corrected chi connectivity index (χ4v) is 5.49. The summed E-state index contributed by atoms with van der Waals surface area (Å²) < 4.78 is 5.17. The Morgan fingerprint density at radius 1 is 1.03 bits per heavy atom. The first-order valence-corrected chi connectivity index (χ1v) is 11.3. The van der Waals surface area contributed by atoms with Crippen molar-refractivity contribution in [2.75, 3.05) is 12.0 Å². The normalized spacial score (nSPS) is 23.8. The zero-order valence-corrected chi connectivity index (χ0v) is 19.3. The predicted octanol–water partition coefficient (Wildman–Crippen LogP) is 4.53. The quantitative estimate of drug-likeness (QED) is 0.229. The number of nitro groups is 1. The van der Waals surface area contributed by atoms with E-state index in [2.05, 4.69) is 6.07 Å². The number of benzene rings is 3. The topological polar surface area (TPSA) is 114 Å². The Balaban J connectivity index is 1.80. The summed E-state index contributed by atoms with van der Waals surface area (Å²) in [5.74, 6) is -2.00. The van der Waals surface area contributed by atoms with Crippen LogP contribution in [0.4, 0.5) is 11.4 Å². The summed E-state index contributed by atoms with van der Waals surface area (Å²) in [6.45, 7) is 0. The van der Waals surface area contributed by atoms with Crippen molar-refractivity contribution >= 4 is 29.2 Å². The van der Waals surface area contributed by atoms with Gasteiger partial charge in [-0.1, -0.05) is 72.8 Å². The lowest BCUT2D eigenvalue weighted by Crippen LogP contribution is -2.46. The molecule has 0 N–H and O–H groups in total. The molecule has 2 aliphatic heterocycles. The number of hydrogen-bond acceptors (Lipinski definition) is 7. The first kappa shape index (κ1) is 23.0. The third-order valence-corrected chi connectivity index (χ3v) is 7.04. The lowest BCUT2D eigenvalue weighted by Gasteiger charge is -2.36. The zero-order chi connectivity index (χ0) is 25.4. The summed E-state index contributed by atoms with van der Waals surface area (Å²) in [6.07, 6.45) is 3.60. The maximum Gasteiger partial charge on any atom is 0.329 e. The monoisotopic (exact) mass is 479 g/mol. The van der Waals surface area contributed by atoms with E-state index >= 15 is 0 Å². The number of nitriles is 1. The highest BCUT2D eigenvalue weighted by Gasteiger charge is 2.67. The Bertz CT molecular complexity index is 1430. The zero-order valence-electron chi connectivity index (χ0n) is 19.3. The molecule has 5 rings (SSSR count). The number of nitrogens with zero attached hydrogens (tertiary/aromatic N) is 3. The molecule has 8 heteroatoms. The number of ketones is 1. The molecule has 1 fully saturated rings. The van der Waals surface area contributed by atoms with Crippen LogP contribution in [0.15, 0.2) is 84.9 Å². The van der Waals surface area contributed by atoms with Crippen LogP contribution in [0.25, 0.3) is 6.08 Å². The van der Waals surface area contributed by atoms with Crippen LogP contribution in [0, 0.1) is 26.9 Å². The van der Waals surface area contributed by atoms with Crippen LogP contribution in [0.5, 0.6) is 0 Å². The Morgan fingerprint density at radius 2 is 1.69 bits per heavy atom. The Hall–Kier alpha value is -4.77. The highest BCUT2D eigenvalue weighted by atomic mass is 16.6. The molecule has 1 saturated heterocycles. The van der Waals surface area contributed by atoms with Gasteiger partial charge in [0, 0.05) is 29.3 Å². The fraction of sp³-hybridized carbons (Fsp3) is 0.179. The maximum atomic E-state index is 14.1. The summed E-state index contributed by atoms with van der Waals surface area (Å²) in [5, 5.41) is 21.9. The first-order valence-electron chi connectivity index (χ1n) is 11.3. The van der Waals surface area contributed by atoms with Gasteiger partial charge in [-0.2, -0.15) is 5.26 Å². The van der Waals surface area contributed by atoms with Crippen LogP contribution in [-0.2, 0) is 9.53 Å². The number of hydrogen-bond donors (Lipinski definition) is 0. The average Bonchev–Trinajstić information content (AvgIpc) is 3.24. The Morgan fingerprint density at radius 3 is 2.33 bits per heavy atom. The van der Waals surface area contributed by atoms with Gasteiger partial charge in [0.2, 0.25) is 0 Å². The van der Waals surface area contributed by atoms with Crippen LogP contribution in [0.3, 0.4) is 0 Å². The molecule has 3 aromatic carbocycles. The van der Waals surface area contributed by atoms with Crippen LogP contribution in [-0.4, -0.2) is 35.9 Å².